The summed E-state index contributed by atoms with van der Waals surface area (Å²) in [7, 11) is 4.57. The van der Waals surface area contributed by atoms with E-state index in [2.05, 4.69) is 11.2 Å². The van der Waals surface area contributed by atoms with Gasteiger partial charge >= 0.3 is 0 Å². The van der Waals surface area contributed by atoms with Crippen molar-refractivity contribution in [2.45, 2.75) is 32.4 Å². The fourth-order valence-corrected chi connectivity index (χ4v) is 3.06. The molecule has 7 nitrogen and oxygen atoms in total. The fourth-order valence-electron chi connectivity index (χ4n) is 3.06. The largest absolute Gasteiger partial charge is 0.493 e. The number of terminal acetylenes is 1. The Bertz CT molecular complexity index is 865. The summed E-state index contributed by atoms with van der Waals surface area (Å²) < 4.78 is 21.8. The van der Waals surface area contributed by atoms with Crippen LogP contribution < -0.4 is 19.5 Å². The number of amides is 1. The van der Waals surface area contributed by atoms with Gasteiger partial charge in [-0.05, 0) is 36.6 Å². The number of hydrogen-bond acceptors (Lipinski definition) is 6. The Balaban J connectivity index is 2.36. The van der Waals surface area contributed by atoms with Crippen LogP contribution in [-0.2, 0) is 17.8 Å². The standard InChI is InChI=1S/C21H25NO6/c1-6-16-14(11-19(25-3)21(27-5)20(16)26-4)7-9-17(22-13(2)24)18-10-8-15(12-23)28-18/h1,8,10-11,17,23H,7,9,12H2,2-5H3,(H,22,24)/t17-/m0/s1. The van der Waals surface area contributed by atoms with Gasteiger partial charge in [-0.1, -0.05) is 5.92 Å². The topological polar surface area (TPSA) is 90.2 Å². The van der Waals surface area contributed by atoms with Gasteiger partial charge in [0.15, 0.2) is 11.5 Å². The molecule has 2 aromatic rings. The summed E-state index contributed by atoms with van der Waals surface area (Å²) in [4.78, 5) is 11.6. The first kappa shape index (κ1) is 21.2. The van der Waals surface area contributed by atoms with E-state index in [1.54, 1.807) is 12.1 Å². The molecule has 1 aromatic carbocycles. The Hall–Kier alpha value is -3.11. The van der Waals surface area contributed by atoms with Crippen molar-refractivity contribution >= 4 is 5.91 Å². The highest BCUT2D eigenvalue weighted by molar-refractivity contribution is 5.73. The minimum absolute atomic E-state index is 0.186. The molecule has 0 bridgehead atoms. The molecule has 28 heavy (non-hydrogen) atoms. The highest BCUT2D eigenvalue weighted by atomic mass is 16.5. The third-order valence-electron chi connectivity index (χ3n) is 4.32. The van der Waals surface area contributed by atoms with Crippen LogP contribution in [0.15, 0.2) is 22.6 Å². The summed E-state index contributed by atoms with van der Waals surface area (Å²) in [5.41, 5.74) is 1.39. The van der Waals surface area contributed by atoms with E-state index >= 15 is 0 Å². The Labute approximate surface area is 164 Å². The molecular weight excluding hydrogens is 362 g/mol. The molecule has 1 aromatic heterocycles. The van der Waals surface area contributed by atoms with Gasteiger partial charge in [0.1, 0.15) is 18.1 Å². The van der Waals surface area contributed by atoms with E-state index < -0.39 is 0 Å². The molecule has 2 N–H and O–H groups in total. The van der Waals surface area contributed by atoms with E-state index in [1.165, 1.54) is 28.3 Å². The number of aliphatic hydroxyl groups is 1. The minimum atomic E-state index is -0.373. The van der Waals surface area contributed by atoms with Crippen molar-refractivity contribution in [2.24, 2.45) is 0 Å². The average Bonchev–Trinajstić information content (AvgIpc) is 3.18. The molecule has 0 aliphatic carbocycles. The van der Waals surface area contributed by atoms with Gasteiger partial charge in [-0.3, -0.25) is 4.79 Å². The lowest BCUT2D eigenvalue weighted by Crippen LogP contribution is -2.26. The van der Waals surface area contributed by atoms with Crippen molar-refractivity contribution in [3.05, 3.63) is 40.8 Å². The molecule has 0 unspecified atom stereocenters. The number of rotatable bonds is 9. The number of carbonyl (C=O) groups excluding carboxylic acids is 1. The highest BCUT2D eigenvalue weighted by Crippen LogP contribution is 2.42. The molecule has 0 aliphatic heterocycles. The van der Waals surface area contributed by atoms with Gasteiger partial charge < -0.3 is 29.1 Å². The lowest BCUT2D eigenvalue weighted by molar-refractivity contribution is -0.119. The van der Waals surface area contributed by atoms with Crippen molar-refractivity contribution < 1.29 is 28.5 Å². The van der Waals surface area contributed by atoms with Crippen LogP contribution >= 0.6 is 0 Å². The zero-order chi connectivity index (χ0) is 20.7. The van der Waals surface area contributed by atoms with Gasteiger partial charge in [0.05, 0.1) is 32.9 Å². The summed E-state index contributed by atoms with van der Waals surface area (Å²) in [5.74, 6) is 4.83. The molecule has 0 aliphatic rings. The Morgan fingerprint density at radius 1 is 1.25 bits per heavy atom. The summed E-state index contributed by atoms with van der Waals surface area (Å²) in [6.45, 7) is 1.23. The Morgan fingerprint density at radius 2 is 1.96 bits per heavy atom. The maximum atomic E-state index is 11.6. The number of furan rings is 1. The fraction of sp³-hybridized carbons (Fsp3) is 0.381. The number of aliphatic hydroxyl groups excluding tert-OH is 1. The quantitative estimate of drug-likeness (QED) is 0.643. The number of hydrogen-bond donors (Lipinski definition) is 2. The summed E-state index contributed by atoms with van der Waals surface area (Å²) >= 11 is 0. The summed E-state index contributed by atoms with van der Waals surface area (Å²) in [6, 6.07) is 4.85. The van der Waals surface area contributed by atoms with Crippen LogP contribution in [0.5, 0.6) is 17.2 Å². The zero-order valence-corrected chi connectivity index (χ0v) is 16.5. The maximum Gasteiger partial charge on any atom is 0.217 e. The van der Waals surface area contributed by atoms with Crippen LogP contribution in [0, 0.1) is 12.3 Å². The molecule has 0 radical (unpaired) electrons. The summed E-state index contributed by atoms with van der Waals surface area (Å²) in [6.07, 6.45) is 6.76. The van der Waals surface area contributed by atoms with E-state index in [0.29, 0.717) is 47.2 Å². The average molecular weight is 387 g/mol. The van der Waals surface area contributed by atoms with Crippen molar-refractivity contribution in [1.82, 2.24) is 5.32 Å². The predicted molar refractivity (Wildman–Crippen MR) is 104 cm³/mol. The molecule has 1 amide bonds. The van der Waals surface area contributed by atoms with Crippen LogP contribution in [0.25, 0.3) is 0 Å². The minimum Gasteiger partial charge on any atom is -0.493 e. The van der Waals surface area contributed by atoms with Gasteiger partial charge in [0, 0.05) is 6.92 Å². The van der Waals surface area contributed by atoms with E-state index in [1.807, 2.05) is 6.07 Å². The first-order chi connectivity index (χ1) is 13.5. The van der Waals surface area contributed by atoms with Crippen LogP contribution in [-0.4, -0.2) is 32.3 Å². The van der Waals surface area contributed by atoms with Crippen LogP contribution in [0.2, 0.25) is 0 Å². The Morgan fingerprint density at radius 3 is 2.46 bits per heavy atom. The monoisotopic (exact) mass is 387 g/mol. The third kappa shape index (κ3) is 4.59. The van der Waals surface area contributed by atoms with Gasteiger partial charge in [0.25, 0.3) is 0 Å². The number of methoxy groups -OCH3 is 3. The second-order valence-electron chi connectivity index (χ2n) is 6.08. The van der Waals surface area contributed by atoms with Crippen LogP contribution in [0.4, 0.5) is 0 Å². The first-order valence-corrected chi connectivity index (χ1v) is 8.74. The van der Waals surface area contributed by atoms with E-state index in [0.717, 1.165) is 5.56 Å². The van der Waals surface area contributed by atoms with Gasteiger partial charge in [-0.15, -0.1) is 6.42 Å². The second kappa shape index (κ2) is 9.72. The van der Waals surface area contributed by atoms with Crippen molar-refractivity contribution in [3.8, 4) is 29.6 Å². The molecule has 2 rings (SSSR count). The Kier molecular flexibility index (Phi) is 7.36. The van der Waals surface area contributed by atoms with E-state index in [9.17, 15) is 9.90 Å². The molecule has 0 saturated carbocycles. The number of nitrogens with one attached hydrogen (secondary N) is 1. The number of aryl methyl sites for hydroxylation is 1. The smallest absolute Gasteiger partial charge is 0.217 e. The molecule has 1 heterocycles. The van der Waals surface area contributed by atoms with Crippen molar-refractivity contribution in [1.29, 1.82) is 0 Å². The van der Waals surface area contributed by atoms with E-state index in [-0.39, 0.29) is 18.6 Å². The zero-order valence-electron chi connectivity index (χ0n) is 16.5. The normalized spacial score (nSPS) is 11.4. The molecule has 0 fully saturated rings. The van der Waals surface area contributed by atoms with E-state index in [4.69, 9.17) is 25.1 Å². The van der Waals surface area contributed by atoms with Gasteiger partial charge in [0.2, 0.25) is 11.7 Å². The van der Waals surface area contributed by atoms with Crippen molar-refractivity contribution in [3.63, 3.8) is 0 Å². The lowest BCUT2D eigenvalue weighted by atomic mass is 9.97. The molecule has 150 valence electrons. The maximum absolute atomic E-state index is 11.6. The van der Waals surface area contributed by atoms with Gasteiger partial charge in [-0.25, -0.2) is 0 Å². The lowest BCUT2D eigenvalue weighted by Gasteiger charge is -2.19. The van der Waals surface area contributed by atoms with Crippen molar-refractivity contribution in [2.75, 3.05) is 21.3 Å². The molecule has 7 heteroatoms. The summed E-state index contributed by atoms with van der Waals surface area (Å²) in [5, 5.41) is 12.1. The number of carbonyl (C=O) groups is 1. The van der Waals surface area contributed by atoms with Gasteiger partial charge in [-0.2, -0.15) is 0 Å². The van der Waals surface area contributed by atoms with Crippen LogP contribution in [0.1, 0.15) is 42.0 Å². The molecule has 0 saturated heterocycles. The molecule has 1 atom stereocenters. The highest BCUT2D eigenvalue weighted by Gasteiger charge is 2.22. The SMILES string of the molecule is C#Cc1c(CC[C@H](NC(C)=O)c2ccc(CO)o2)cc(OC)c(OC)c1OC. The second-order valence-corrected chi connectivity index (χ2v) is 6.08. The third-order valence-corrected chi connectivity index (χ3v) is 4.32. The van der Waals surface area contributed by atoms with Crippen LogP contribution in [0.3, 0.4) is 0 Å². The molecule has 0 spiro atoms. The first-order valence-electron chi connectivity index (χ1n) is 8.74. The molecular formula is C21H25NO6. The number of benzene rings is 1. The number of ether oxygens (including phenoxy) is 3. The predicted octanol–water partition coefficient (Wildman–Crippen LogP) is 2.59.